The van der Waals surface area contributed by atoms with E-state index in [0.29, 0.717) is 0 Å². The van der Waals surface area contributed by atoms with E-state index < -0.39 is 0 Å². The van der Waals surface area contributed by atoms with Crippen molar-refractivity contribution >= 4 is 26.7 Å². The molecule has 100 valence electrons. The Balaban J connectivity index is 1.80. The number of ether oxygens (including phenoxy) is 2. The predicted octanol–water partition coefficient (Wildman–Crippen LogP) is 3.10. The summed E-state index contributed by atoms with van der Waals surface area (Å²) in [6.07, 6.45) is 0.908. The minimum atomic E-state index is 0.000569. The van der Waals surface area contributed by atoms with Gasteiger partial charge in [0.1, 0.15) is 18.0 Å². The maximum atomic E-state index is 5.95. The van der Waals surface area contributed by atoms with Crippen molar-refractivity contribution in [2.24, 2.45) is 5.73 Å². The zero-order chi connectivity index (χ0) is 13.4. The largest absolute Gasteiger partial charge is 0.488 e. The molecule has 1 aliphatic rings. The molecular weight excluding hydrogens is 306 g/mol. The Morgan fingerprint density at radius 3 is 2.63 bits per heavy atom. The highest BCUT2D eigenvalue weighted by atomic mass is 79.9. The maximum absolute atomic E-state index is 5.95. The van der Waals surface area contributed by atoms with Gasteiger partial charge in [-0.15, -0.1) is 0 Å². The average Bonchev–Trinajstić information content (AvgIpc) is 2.38. The van der Waals surface area contributed by atoms with Crippen LogP contribution in [0.25, 0.3) is 10.8 Å². The number of hydrogen-bond acceptors (Lipinski definition) is 3. The van der Waals surface area contributed by atoms with Crippen molar-refractivity contribution in [3.63, 3.8) is 0 Å². The second-order valence-corrected chi connectivity index (χ2v) is 5.83. The van der Waals surface area contributed by atoms with Gasteiger partial charge in [-0.1, -0.05) is 28.1 Å². The van der Waals surface area contributed by atoms with E-state index in [1.807, 2.05) is 12.1 Å². The second kappa shape index (κ2) is 5.12. The first-order valence-electron chi connectivity index (χ1n) is 6.32. The normalized spacial score (nSPS) is 26.2. The molecule has 1 aliphatic carbocycles. The molecule has 2 aromatic rings. The highest BCUT2D eigenvalue weighted by Gasteiger charge is 2.40. The summed E-state index contributed by atoms with van der Waals surface area (Å²) in [6.45, 7) is 0. The molecule has 1 fully saturated rings. The van der Waals surface area contributed by atoms with Crippen molar-refractivity contribution in [1.29, 1.82) is 0 Å². The van der Waals surface area contributed by atoms with Gasteiger partial charge in [0.2, 0.25) is 0 Å². The Morgan fingerprint density at radius 1 is 1.16 bits per heavy atom. The smallest absolute Gasteiger partial charge is 0.128 e. The Morgan fingerprint density at radius 2 is 1.89 bits per heavy atom. The third-order valence-corrected chi connectivity index (χ3v) is 4.12. The molecule has 4 heteroatoms. The molecule has 0 aromatic heterocycles. The fourth-order valence-electron chi connectivity index (χ4n) is 2.50. The summed E-state index contributed by atoms with van der Waals surface area (Å²) in [7, 11) is 1.68. The molecule has 0 amide bonds. The first kappa shape index (κ1) is 12.9. The molecule has 2 aromatic carbocycles. The zero-order valence-corrected chi connectivity index (χ0v) is 12.3. The van der Waals surface area contributed by atoms with E-state index in [4.69, 9.17) is 15.2 Å². The number of benzene rings is 2. The number of methoxy groups -OCH3 is 1. The molecular formula is C15H16BrNO2. The fraction of sp³-hybridized carbons (Fsp3) is 0.333. The third-order valence-electron chi connectivity index (χ3n) is 3.63. The molecule has 0 aliphatic heterocycles. The molecule has 0 radical (unpaired) electrons. The maximum Gasteiger partial charge on any atom is 0.128 e. The van der Waals surface area contributed by atoms with Crippen LogP contribution in [0.1, 0.15) is 6.42 Å². The summed E-state index contributed by atoms with van der Waals surface area (Å²) in [5, 5.41) is 2.36. The van der Waals surface area contributed by atoms with Crippen LogP contribution in [0.5, 0.6) is 5.75 Å². The van der Waals surface area contributed by atoms with Crippen LogP contribution in [-0.2, 0) is 4.74 Å². The van der Waals surface area contributed by atoms with Crippen LogP contribution in [0, 0.1) is 0 Å². The predicted molar refractivity (Wildman–Crippen MR) is 79.5 cm³/mol. The molecule has 0 bridgehead atoms. The van der Waals surface area contributed by atoms with Crippen LogP contribution in [0.15, 0.2) is 40.9 Å². The van der Waals surface area contributed by atoms with Crippen LogP contribution in [0.4, 0.5) is 0 Å². The van der Waals surface area contributed by atoms with E-state index in [2.05, 4.69) is 40.2 Å². The summed E-state index contributed by atoms with van der Waals surface area (Å²) >= 11 is 3.47. The summed E-state index contributed by atoms with van der Waals surface area (Å²) in [4.78, 5) is 0. The quantitative estimate of drug-likeness (QED) is 0.944. The number of fused-ring (bicyclic) bond motifs is 1. The number of hydrogen-bond donors (Lipinski definition) is 1. The van der Waals surface area contributed by atoms with Gasteiger partial charge < -0.3 is 15.2 Å². The highest BCUT2D eigenvalue weighted by Crippen LogP contribution is 2.30. The van der Waals surface area contributed by atoms with Crippen LogP contribution in [-0.4, -0.2) is 25.4 Å². The van der Waals surface area contributed by atoms with Crippen molar-refractivity contribution in [2.45, 2.75) is 24.7 Å². The van der Waals surface area contributed by atoms with Crippen LogP contribution >= 0.6 is 15.9 Å². The van der Waals surface area contributed by atoms with Gasteiger partial charge >= 0.3 is 0 Å². The van der Waals surface area contributed by atoms with Crippen molar-refractivity contribution in [2.75, 3.05) is 7.11 Å². The van der Waals surface area contributed by atoms with Gasteiger partial charge in [-0.3, -0.25) is 0 Å². The van der Waals surface area contributed by atoms with Gasteiger partial charge in [-0.05, 0) is 35.0 Å². The fourth-order valence-corrected chi connectivity index (χ4v) is 2.88. The van der Waals surface area contributed by atoms with Gasteiger partial charge in [0.15, 0.2) is 0 Å². The summed E-state index contributed by atoms with van der Waals surface area (Å²) in [6, 6.07) is 12.4. The molecule has 0 spiro atoms. The Bertz CT molecular complexity index is 602. The molecule has 3 rings (SSSR count). The lowest BCUT2D eigenvalue weighted by atomic mass is 9.86. The Kier molecular flexibility index (Phi) is 3.48. The molecule has 0 saturated heterocycles. The van der Waals surface area contributed by atoms with E-state index in [-0.39, 0.29) is 18.2 Å². The molecule has 1 saturated carbocycles. The first-order valence-corrected chi connectivity index (χ1v) is 7.11. The van der Waals surface area contributed by atoms with Gasteiger partial charge in [0.25, 0.3) is 0 Å². The lowest BCUT2D eigenvalue weighted by molar-refractivity contribution is -0.0781. The summed E-state index contributed by atoms with van der Waals surface area (Å²) in [5.41, 5.74) is 5.87. The van der Waals surface area contributed by atoms with E-state index >= 15 is 0 Å². The Labute approximate surface area is 120 Å². The highest BCUT2D eigenvalue weighted by molar-refractivity contribution is 9.10. The zero-order valence-electron chi connectivity index (χ0n) is 10.7. The summed E-state index contributed by atoms with van der Waals surface area (Å²) in [5.74, 6) is 0.869. The molecule has 0 heterocycles. The van der Waals surface area contributed by atoms with E-state index in [1.54, 1.807) is 7.11 Å². The topological polar surface area (TPSA) is 44.5 Å². The van der Waals surface area contributed by atoms with Gasteiger partial charge in [0.05, 0.1) is 0 Å². The summed E-state index contributed by atoms with van der Waals surface area (Å²) < 4.78 is 12.4. The second-order valence-electron chi connectivity index (χ2n) is 4.91. The van der Waals surface area contributed by atoms with Crippen molar-refractivity contribution in [1.82, 2.24) is 0 Å². The molecule has 3 unspecified atom stereocenters. The molecule has 19 heavy (non-hydrogen) atoms. The van der Waals surface area contributed by atoms with Crippen LogP contribution in [0.2, 0.25) is 0 Å². The van der Waals surface area contributed by atoms with Crippen LogP contribution in [0.3, 0.4) is 0 Å². The number of rotatable bonds is 3. The monoisotopic (exact) mass is 321 g/mol. The SMILES string of the molecule is COC1C(N)CC1Oc1ccc2cc(Br)ccc2c1. The van der Waals surface area contributed by atoms with Crippen molar-refractivity contribution in [3.8, 4) is 5.75 Å². The van der Waals surface area contributed by atoms with Crippen LogP contribution < -0.4 is 10.5 Å². The average molecular weight is 322 g/mol. The minimum absolute atomic E-state index is 0.000569. The van der Waals surface area contributed by atoms with E-state index in [9.17, 15) is 0 Å². The van der Waals surface area contributed by atoms with Crippen molar-refractivity contribution in [3.05, 3.63) is 40.9 Å². The lowest BCUT2D eigenvalue weighted by Gasteiger charge is -2.41. The third kappa shape index (κ3) is 2.48. The van der Waals surface area contributed by atoms with E-state index in [1.165, 1.54) is 10.8 Å². The lowest BCUT2D eigenvalue weighted by Crippen LogP contribution is -2.59. The van der Waals surface area contributed by atoms with Gasteiger partial charge in [-0.25, -0.2) is 0 Å². The van der Waals surface area contributed by atoms with E-state index in [0.717, 1.165) is 16.6 Å². The number of nitrogens with two attached hydrogens (primary N) is 1. The first-order chi connectivity index (χ1) is 9.17. The standard InChI is InChI=1S/C15H16BrNO2/c1-18-15-13(17)8-14(15)19-12-5-3-9-6-11(16)4-2-10(9)7-12/h2-7,13-15H,8,17H2,1H3. The Hall–Kier alpha value is -1.10. The van der Waals surface area contributed by atoms with Crippen molar-refractivity contribution < 1.29 is 9.47 Å². The molecule has 3 atom stereocenters. The number of halogens is 1. The van der Waals surface area contributed by atoms with Gasteiger partial charge in [0, 0.05) is 24.0 Å². The minimum Gasteiger partial charge on any atom is -0.488 e. The molecule has 3 nitrogen and oxygen atoms in total. The van der Waals surface area contributed by atoms with Gasteiger partial charge in [-0.2, -0.15) is 0 Å². The molecule has 2 N–H and O–H groups in total.